The van der Waals surface area contributed by atoms with E-state index in [1.807, 2.05) is 30.3 Å². The molecule has 0 saturated carbocycles. The Morgan fingerprint density at radius 3 is 1.81 bits per heavy atom. The quantitative estimate of drug-likeness (QED) is 0.166. The molecule has 52 heavy (non-hydrogen) atoms. The average molecular weight is 665 g/mol. The second-order valence-electron chi connectivity index (χ2n) is 13.2. The number of benzene rings is 9. The second kappa shape index (κ2) is 12.4. The fourth-order valence-electron chi connectivity index (χ4n) is 7.61. The van der Waals surface area contributed by atoms with Gasteiger partial charge in [-0.2, -0.15) is 0 Å². The van der Waals surface area contributed by atoms with Crippen molar-refractivity contribution in [2.75, 3.05) is 4.90 Å². The monoisotopic (exact) mass is 664 g/mol. The van der Waals surface area contributed by atoms with Crippen molar-refractivity contribution in [2.45, 2.75) is 0 Å². The summed E-state index contributed by atoms with van der Waals surface area (Å²) in [5.41, 5.74) is 10.6. The molecular formula is C49H32N2O. The Balaban J connectivity index is 1.19. The average Bonchev–Trinajstić information content (AvgIpc) is 3.67. The van der Waals surface area contributed by atoms with E-state index in [2.05, 4.69) is 169 Å². The minimum Gasteiger partial charge on any atom is -0.436 e. The minimum atomic E-state index is 0.622. The molecule has 0 aliphatic carbocycles. The van der Waals surface area contributed by atoms with Gasteiger partial charge in [0, 0.05) is 28.0 Å². The van der Waals surface area contributed by atoms with E-state index in [0.717, 1.165) is 49.9 Å². The van der Waals surface area contributed by atoms with Crippen LogP contribution in [0.4, 0.5) is 17.1 Å². The first-order valence-electron chi connectivity index (χ1n) is 17.6. The van der Waals surface area contributed by atoms with E-state index in [0.29, 0.717) is 5.89 Å². The lowest BCUT2D eigenvalue weighted by Crippen LogP contribution is -2.09. The lowest BCUT2D eigenvalue weighted by atomic mass is 9.92. The molecule has 0 bridgehead atoms. The Kier molecular flexibility index (Phi) is 7.14. The van der Waals surface area contributed by atoms with E-state index >= 15 is 0 Å². The molecule has 0 N–H and O–H groups in total. The van der Waals surface area contributed by atoms with Crippen molar-refractivity contribution < 1.29 is 4.42 Å². The Bertz CT molecular complexity index is 2870. The molecule has 10 aromatic rings. The van der Waals surface area contributed by atoms with Gasteiger partial charge < -0.3 is 9.32 Å². The zero-order chi connectivity index (χ0) is 34.4. The van der Waals surface area contributed by atoms with E-state index in [9.17, 15) is 0 Å². The SMILES string of the molecule is c1ccc(-c2nc3c(ccc4cc(-c5ccccc5)c5ccc(N(c6ccccc6)c6ccc(-c7cccc8ccccc78)cc6)cc5c43)o2)cc1. The van der Waals surface area contributed by atoms with Gasteiger partial charge in [0.05, 0.1) is 0 Å². The number of hydrogen-bond acceptors (Lipinski definition) is 3. The zero-order valence-electron chi connectivity index (χ0n) is 28.3. The van der Waals surface area contributed by atoms with Gasteiger partial charge in [-0.15, -0.1) is 0 Å². The Morgan fingerprint density at radius 2 is 1.02 bits per heavy atom. The summed E-state index contributed by atoms with van der Waals surface area (Å²) < 4.78 is 6.40. The molecule has 0 aliphatic heterocycles. The molecule has 0 amide bonds. The topological polar surface area (TPSA) is 29.3 Å². The highest BCUT2D eigenvalue weighted by molar-refractivity contribution is 6.22. The number of rotatable bonds is 6. The third-order valence-corrected chi connectivity index (χ3v) is 10.1. The lowest BCUT2D eigenvalue weighted by Gasteiger charge is -2.26. The van der Waals surface area contributed by atoms with Crippen molar-refractivity contribution in [3.05, 3.63) is 194 Å². The molecule has 0 unspecified atom stereocenters. The van der Waals surface area contributed by atoms with E-state index in [1.165, 1.54) is 38.4 Å². The van der Waals surface area contributed by atoms with Gasteiger partial charge in [0.2, 0.25) is 5.89 Å². The number of para-hydroxylation sites is 1. The fraction of sp³-hybridized carbons (Fsp3) is 0. The van der Waals surface area contributed by atoms with Crippen LogP contribution in [0, 0.1) is 0 Å². The van der Waals surface area contributed by atoms with E-state index in [1.54, 1.807) is 0 Å². The summed E-state index contributed by atoms with van der Waals surface area (Å²) in [6.07, 6.45) is 0. The highest BCUT2D eigenvalue weighted by atomic mass is 16.3. The highest BCUT2D eigenvalue weighted by Crippen LogP contribution is 2.43. The molecule has 0 spiro atoms. The number of aromatic nitrogens is 1. The van der Waals surface area contributed by atoms with Crippen molar-refractivity contribution in [3.63, 3.8) is 0 Å². The lowest BCUT2D eigenvalue weighted by molar-refractivity contribution is 0.620. The van der Waals surface area contributed by atoms with E-state index in [4.69, 9.17) is 9.40 Å². The number of nitrogens with zero attached hydrogens (tertiary/aromatic N) is 2. The maximum absolute atomic E-state index is 6.40. The summed E-state index contributed by atoms with van der Waals surface area (Å²) in [5, 5.41) is 6.99. The van der Waals surface area contributed by atoms with Crippen molar-refractivity contribution in [1.82, 2.24) is 4.98 Å². The minimum absolute atomic E-state index is 0.622. The number of hydrogen-bond donors (Lipinski definition) is 0. The van der Waals surface area contributed by atoms with Gasteiger partial charge in [0.15, 0.2) is 5.58 Å². The van der Waals surface area contributed by atoms with Crippen molar-refractivity contribution >= 4 is 60.5 Å². The molecule has 3 heteroatoms. The first-order chi connectivity index (χ1) is 25.8. The molecule has 10 rings (SSSR count). The molecule has 3 nitrogen and oxygen atoms in total. The summed E-state index contributed by atoms with van der Waals surface area (Å²) in [5.74, 6) is 0.622. The van der Waals surface area contributed by atoms with Crippen LogP contribution in [-0.2, 0) is 0 Å². The van der Waals surface area contributed by atoms with Gasteiger partial charge in [-0.25, -0.2) is 4.98 Å². The van der Waals surface area contributed by atoms with Crippen LogP contribution in [0.25, 0.3) is 77.1 Å². The molecule has 0 fully saturated rings. The van der Waals surface area contributed by atoms with Crippen LogP contribution in [0.3, 0.4) is 0 Å². The van der Waals surface area contributed by atoms with Crippen LogP contribution in [0.5, 0.6) is 0 Å². The molecule has 9 aromatic carbocycles. The third kappa shape index (κ3) is 5.10. The number of fused-ring (bicyclic) bond motifs is 6. The Hall–Kier alpha value is -6.97. The molecule has 0 radical (unpaired) electrons. The highest BCUT2D eigenvalue weighted by Gasteiger charge is 2.19. The van der Waals surface area contributed by atoms with E-state index in [-0.39, 0.29) is 0 Å². The van der Waals surface area contributed by atoms with Gasteiger partial charge in [-0.05, 0) is 110 Å². The number of oxazole rings is 1. The molecule has 1 aromatic heterocycles. The van der Waals surface area contributed by atoms with Crippen molar-refractivity contribution in [2.24, 2.45) is 0 Å². The zero-order valence-corrected chi connectivity index (χ0v) is 28.3. The van der Waals surface area contributed by atoms with Crippen LogP contribution in [0.1, 0.15) is 0 Å². The van der Waals surface area contributed by atoms with Gasteiger partial charge in [-0.3, -0.25) is 0 Å². The molecule has 0 saturated heterocycles. The largest absolute Gasteiger partial charge is 0.436 e. The van der Waals surface area contributed by atoms with Crippen LogP contribution in [0.15, 0.2) is 199 Å². The fourth-order valence-corrected chi connectivity index (χ4v) is 7.61. The first-order valence-corrected chi connectivity index (χ1v) is 17.6. The smallest absolute Gasteiger partial charge is 0.227 e. The van der Waals surface area contributed by atoms with Gasteiger partial charge in [0.25, 0.3) is 0 Å². The van der Waals surface area contributed by atoms with Crippen molar-refractivity contribution in [1.29, 1.82) is 0 Å². The summed E-state index contributed by atoms with van der Waals surface area (Å²) in [4.78, 5) is 7.47. The predicted molar refractivity (Wildman–Crippen MR) is 218 cm³/mol. The first kappa shape index (κ1) is 29.9. The van der Waals surface area contributed by atoms with Crippen LogP contribution < -0.4 is 4.90 Å². The molecule has 244 valence electrons. The van der Waals surface area contributed by atoms with Crippen LogP contribution >= 0.6 is 0 Å². The molecular weight excluding hydrogens is 633 g/mol. The van der Waals surface area contributed by atoms with Gasteiger partial charge >= 0.3 is 0 Å². The molecule has 1 heterocycles. The predicted octanol–water partition coefficient (Wildman–Crippen LogP) is 13.8. The summed E-state index contributed by atoms with van der Waals surface area (Å²) in [7, 11) is 0. The molecule has 0 aliphatic rings. The maximum atomic E-state index is 6.40. The standard InChI is InChI=1S/C49H32N2O/c1-4-13-34(14-5-1)44-31-37-25-30-46-48(50-49(52-46)36-16-6-2-7-17-36)47(37)45-32-40(28-29-43(44)45)51(38-19-8-3-9-20-38)39-26-23-35(24-27-39)42-22-12-18-33-15-10-11-21-41(33)42/h1-32H. The van der Waals surface area contributed by atoms with Gasteiger partial charge in [-0.1, -0.05) is 133 Å². The Morgan fingerprint density at radius 1 is 0.385 bits per heavy atom. The van der Waals surface area contributed by atoms with Crippen molar-refractivity contribution in [3.8, 4) is 33.7 Å². The maximum Gasteiger partial charge on any atom is 0.227 e. The summed E-state index contributed by atoms with van der Waals surface area (Å²) >= 11 is 0. The number of anilines is 3. The Labute approximate surface area is 301 Å². The summed E-state index contributed by atoms with van der Waals surface area (Å²) in [6.45, 7) is 0. The third-order valence-electron chi connectivity index (χ3n) is 10.1. The van der Waals surface area contributed by atoms with Crippen LogP contribution in [-0.4, -0.2) is 4.98 Å². The normalized spacial score (nSPS) is 11.5. The van der Waals surface area contributed by atoms with E-state index < -0.39 is 0 Å². The molecule has 0 atom stereocenters. The van der Waals surface area contributed by atoms with Gasteiger partial charge in [0.1, 0.15) is 5.52 Å². The second-order valence-corrected chi connectivity index (χ2v) is 13.2. The summed E-state index contributed by atoms with van der Waals surface area (Å²) in [6, 6.07) is 68.8. The van der Waals surface area contributed by atoms with Crippen LogP contribution in [0.2, 0.25) is 0 Å².